The van der Waals surface area contributed by atoms with Crippen LogP contribution in [0.1, 0.15) is 40.0 Å². The monoisotopic (exact) mass is 414 g/mol. The fraction of sp³-hybridized carbons (Fsp3) is 0.333. The van der Waals surface area contributed by atoms with Crippen molar-refractivity contribution in [2.45, 2.75) is 33.4 Å². The number of aromatic nitrogens is 6. The molecule has 30 heavy (non-hydrogen) atoms. The molecule has 0 aliphatic carbocycles. The fourth-order valence-electron chi connectivity index (χ4n) is 2.87. The largest absolute Gasteiger partial charge is 0.477 e. The van der Waals surface area contributed by atoms with Gasteiger partial charge in [0, 0.05) is 26.2 Å². The summed E-state index contributed by atoms with van der Waals surface area (Å²) in [4.78, 5) is 36.4. The van der Waals surface area contributed by atoms with E-state index in [-0.39, 0.29) is 30.0 Å². The summed E-state index contributed by atoms with van der Waals surface area (Å²) in [6, 6.07) is 1.36. The number of aromatic carboxylic acids is 1. The Balaban J connectivity index is 1.71. The minimum absolute atomic E-state index is 0.00601. The topological polar surface area (TPSA) is 149 Å². The highest BCUT2D eigenvalue weighted by Gasteiger charge is 2.21. The van der Waals surface area contributed by atoms with Crippen molar-refractivity contribution >= 4 is 29.2 Å². The molecule has 0 bridgehead atoms. The third kappa shape index (κ3) is 4.21. The average Bonchev–Trinajstić information content (AvgIpc) is 3.41. The molecule has 0 fully saturated rings. The number of anilines is 2. The van der Waals surface area contributed by atoms with E-state index in [1.165, 1.54) is 27.8 Å². The SMILES string of the molecule is CCn1ncc(NC(=O)CCn2nccc2C(=O)O)c1C(=O)Nc1cnn(C)c1C. The molecule has 3 rings (SSSR count). The van der Waals surface area contributed by atoms with Gasteiger partial charge in [0.2, 0.25) is 5.91 Å². The number of carbonyl (C=O) groups excluding carboxylic acids is 2. The van der Waals surface area contributed by atoms with E-state index >= 15 is 0 Å². The highest BCUT2D eigenvalue weighted by Crippen LogP contribution is 2.19. The maximum absolute atomic E-state index is 12.8. The van der Waals surface area contributed by atoms with Crippen molar-refractivity contribution in [1.29, 1.82) is 0 Å². The minimum Gasteiger partial charge on any atom is -0.477 e. The zero-order valence-corrected chi connectivity index (χ0v) is 16.8. The lowest BCUT2D eigenvalue weighted by Crippen LogP contribution is -2.22. The number of hydrogen-bond donors (Lipinski definition) is 3. The Bertz CT molecular complexity index is 1090. The number of carboxylic acid groups (broad SMARTS) is 1. The van der Waals surface area contributed by atoms with Gasteiger partial charge >= 0.3 is 5.97 Å². The maximum atomic E-state index is 12.8. The van der Waals surface area contributed by atoms with Gasteiger partial charge in [-0.2, -0.15) is 15.3 Å². The van der Waals surface area contributed by atoms with Gasteiger partial charge in [-0.1, -0.05) is 0 Å². The Morgan fingerprint density at radius 3 is 2.43 bits per heavy atom. The van der Waals surface area contributed by atoms with Gasteiger partial charge in [0.1, 0.15) is 11.4 Å². The van der Waals surface area contributed by atoms with Crippen LogP contribution >= 0.6 is 0 Å². The first-order valence-electron chi connectivity index (χ1n) is 9.22. The van der Waals surface area contributed by atoms with Crippen LogP contribution in [-0.4, -0.2) is 52.2 Å². The van der Waals surface area contributed by atoms with Crippen LogP contribution < -0.4 is 10.6 Å². The molecule has 0 aromatic carbocycles. The zero-order chi connectivity index (χ0) is 21.8. The summed E-state index contributed by atoms with van der Waals surface area (Å²) in [5.74, 6) is -1.95. The second-order valence-corrected chi connectivity index (χ2v) is 6.49. The van der Waals surface area contributed by atoms with E-state index in [0.29, 0.717) is 12.2 Å². The number of nitrogens with one attached hydrogen (secondary N) is 2. The zero-order valence-electron chi connectivity index (χ0n) is 16.8. The average molecular weight is 414 g/mol. The molecular formula is C18H22N8O4. The van der Waals surface area contributed by atoms with Gasteiger partial charge in [-0.25, -0.2) is 4.79 Å². The molecule has 3 aromatic heterocycles. The van der Waals surface area contributed by atoms with E-state index in [1.54, 1.807) is 17.9 Å². The first-order valence-corrected chi connectivity index (χ1v) is 9.22. The molecule has 0 radical (unpaired) electrons. The Kier molecular flexibility index (Phi) is 5.95. The number of aryl methyl sites for hydroxylation is 3. The first kappa shape index (κ1) is 20.8. The molecule has 0 saturated carbocycles. The summed E-state index contributed by atoms with van der Waals surface area (Å²) >= 11 is 0. The molecule has 0 saturated heterocycles. The van der Waals surface area contributed by atoms with Crippen LogP contribution in [0, 0.1) is 6.92 Å². The summed E-state index contributed by atoms with van der Waals surface area (Å²) < 4.78 is 4.35. The molecule has 0 aliphatic rings. The maximum Gasteiger partial charge on any atom is 0.354 e. The Labute approximate surface area is 171 Å². The van der Waals surface area contributed by atoms with Gasteiger partial charge in [-0.15, -0.1) is 0 Å². The van der Waals surface area contributed by atoms with Crippen molar-refractivity contribution in [2.24, 2.45) is 7.05 Å². The molecule has 3 N–H and O–H groups in total. The van der Waals surface area contributed by atoms with Crippen molar-refractivity contribution in [2.75, 3.05) is 10.6 Å². The number of hydrogen-bond acceptors (Lipinski definition) is 6. The van der Waals surface area contributed by atoms with Crippen LogP contribution in [0.5, 0.6) is 0 Å². The van der Waals surface area contributed by atoms with Gasteiger partial charge in [-0.3, -0.25) is 23.6 Å². The van der Waals surface area contributed by atoms with Crippen molar-refractivity contribution in [3.05, 3.63) is 41.7 Å². The summed E-state index contributed by atoms with van der Waals surface area (Å²) in [7, 11) is 1.77. The van der Waals surface area contributed by atoms with Gasteiger partial charge in [0.25, 0.3) is 5.91 Å². The first-order chi connectivity index (χ1) is 14.3. The summed E-state index contributed by atoms with van der Waals surface area (Å²) in [6.45, 7) is 4.16. The summed E-state index contributed by atoms with van der Waals surface area (Å²) in [5.41, 5.74) is 1.81. The molecule has 12 heteroatoms. The summed E-state index contributed by atoms with van der Waals surface area (Å²) in [5, 5.41) is 26.7. The quantitative estimate of drug-likeness (QED) is 0.500. The van der Waals surface area contributed by atoms with Crippen LogP contribution in [0.15, 0.2) is 24.7 Å². The third-order valence-corrected chi connectivity index (χ3v) is 4.60. The van der Waals surface area contributed by atoms with E-state index < -0.39 is 17.8 Å². The van der Waals surface area contributed by atoms with Crippen molar-refractivity contribution in [1.82, 2.24) is 29.3 Å². The van der Waals surface area contributed by atoms with Crippen LogP contribution in [0.4, 0.5) is 11.4 Å². The van der Waals surface area contributed by atoms with Crippen molar-refractivity contribution in [3.63, 3.8) is 0 Å². The third-order valence-electron chi connectivity index (χ3n) is 4.60. The van der Waals surface area contributed by atoms with Crippen LogP contribution in [0.25, 0.3) is 0 Å². The molecule has 2 amide bonds. The van der Waals surface area contributed by atoms with E-state index in [2.05, 4.69) is 25.9 Å². The number of carbonyl (C=O) groups is 3. The molecule has 0 spiro atoms. The van der Waals surface area contributed by atoms with Crippen LogP contribution in [0.3, 0.4) is 0 Å². The lowest BCUT2D eigenvalue weighted by molar-refractivity contribution is -0.116. The molecule has 3 aromatic rings. The van der Waals surface area contributed by atoms with Gasteiger partial charge in [0.05, 0.1) is 36.0 Å². The van der Waals surface area contributed by atoms with E-state index in [1.807, 2.05) is 13.8 Å². The minimum atomic E-state index is -1.12. The smallest absolute Gasteiger partial charge is 0.354 e. The van der Waals surface area contributed by atoms with E-state index in [9.17, 15) is 14.4 Å². The molecule has 3 heterocycles. The number of amides is 2. The van der Waals surface area contributed by atoms with Gasteiger partial charge in [0.15, 0.2) is 0 Å². The number of carboxylic acids is 1. The normalized spacial score (nSPS) is 10.8. The highest BCUT2D eigenvalue weighted by molar-refractivity contribution is 6.09. The fourth-order valence-corrected chi connectivity index (χ4v) is 2.87. The Morgan fingerprint density at radius 1 is 1.07 bits per heavy atom. The molecule has 0 unspecified atom stereocenters. The molecule has 0 atom stereocenters. The van der Waals surface area contributed by atoms with E-state index in [0.717, 1.165) is 5.69 Å². The number of nitrogens with zero attached hydrogens (tertiary/aromatic N) is 6. The van der Waals surface area contributed by atoms with Gasteiger partial charge < -0.3 is 15.7 Å². The predicted octanol–water partition coefficient (Wildman–Crippen LogP) is 1.12. The standard InChI is InChI=1S/C18H22N8O4/c1-4-25-16(17(28)23-12-9-20-24(3)11(12)2)13(10-21-25)22-15(27)6-8-26-14(18(29)30)5-7-19-26/h5,7,9-10H,4,6,8H2,1-3H3,(H,22,27)(H,23,28)(H,29,30). The van der Waals surface area contributed by atoms with Crippen molar-refractivity contribution < 1.29 is 19.5 Å². The van der Waals surface area contributed by atoms with E-state index in [4.69, 9.17) is 5.11 Å². The lowest BCUT2D eigenvalue weighted by atomic mass is 10.3. The van der Waals surface area contributed by atoms with Gasteiger partial charge in [-0.05, 0) is 19.9 Å². The predicted molar refractivity (Wildman–Crippen MR) is 106 cm³/mol. The van der Waals surface area contributed by atoms with Crippen LogP contribution in [0.2, 0.25) is 0 Å². The lowest BCUT2D eigenvalue weighted by Gasteiger charge is -2.10. The Morgan fingerprint density at radius 2 is 1.80 bits per heavy atom. The summed E-state index contributed by atoms with van der Waals surface area (Å²) in [6.07, 6.45) is 4.28. The highest BCUT2D eigenvalue weighted by atomic mass is 16.4. The molecule has 0 aliphatic heterocycles. The van der Waals surface area contributed by atoms with Crippen molar-refractivity contribution in [3.8, 4) is 0 Å². The van der Waals surface area contributed by atoms with Crippen LogP contribution in [-0.2, 0) is 24.9 Å². The molecule has 12 nitrogen and oxygen atoms in total. The second-order valence-electron chi connectivity index (χ2n) is 6.49. The Hall–Kier alpha value is -3.96. The number of rotatable bonds is 8. The second kappa shape index (κ2) is 8.59. The molecular weight excluding hydrogens is 392 g/mol. The molecule has 158 valence electrons.